The number of benzene rings is 6. The van der Waals surface area contributed by atoms with Crippen LogP contribution in [-0.2, 0) is 0 Å². The second-order valence-corrected chi connectivity index (χ2v) is 13.0. The van der Waals surface area contributed by atoms with E-state index in [-0.39, 0.29) is 0 Å². The van der Waals surface area contributed by atoms with Gasteiger partial charge in [-0.3, -0.25) is 0 Å². The molecule has 0 fully saturated rings. The van der Waals surface area contributed by atoms with E-state index in [4.69, 9.17) is 0 Å². The quantitative estimate of drug-likeness (QED) is 0.201. The highest BCUT2D eigenvalue weighted by Crippen LogP contribution is 2.41. The zero-order valence-corrected chi connectivity index (χ0v) is 27.1. The molecular weight excluding hydrogens is 573 g/mol. The third-order valence-electron chi connectivity index (χ3n) is 9.39. The fourth-order valence-electron chi connectivity index (χ4n) is 7.27. The summed E-state index contributed by atoms with van der Waals surface area (Å²) in [7, 11) is 0. The molecule has 2 heterocycles. The van der Waals surface area contributed by atoms with E-state index in [0.717, 1.165) is 93.9 Å². The van der Waals surface area contributed by atoms with E-state index in [1.54, 1.807) is 0 Å². The lowest BCUT2D eigenvalue weighted by molar-refractivity contribution is 1.13. The molecule has 0 saturated heterocycles. The SMILES string of the molecule is Cc1cc(C#N)cc(-c2cc(-n3c4cc(C)ccc4c4ccc(C)cc43)c(C#N)cc2-n2c3cc(C)ccc3c3ccc(C)cc32)c1. The van der Waals surface area contributed by atoms with Gasteiger partial charge in [-0.25, -0.2) is 0 Å². The molecule has 4 nitrogen and oxygen atoms in total. The first-order valence-electron chi connectivity index (χ1n) is 15.9. The summed E-state index contributed by atoms with van der Waals surface area (Å²) in [5.74, 6) is 0. The molecule has 0 saturated carbocycles. The van der Waals surface area contributed by atoms with Gasteiger partial charge < -0.3 is 9.13 Å². The van der Waals surface area contributed by atoms with Gasteiger partial charge in [-0.15, -0.1) is 0 Å². The molecule has 0 spiro atoms. The van der Waals surface area contributed by atoms with Crippen LogP contribution in [0.3, 0.4) is 0 Å². The van der Waals surface area contributed by atoms with Gasteiger partial charge in [0.25, 0.3) is 0 Å². The van der Waals surface area contributed by atoms with Crippen molar-refractivity contribution >= 4 is 43.6 Å². The average molecular weight is 605 g/mol. The molecule has 0 aliphatic heterocycles. The largest absolute Gasteiger partial charge is 0.309 e. The molecule has 0 bridgehead atoms. The molecule has 4 heteroatoms. The molecule has 2 aromatic heterocycles. The standard InChI is InChI=1S/C43H32N4/c1-25-6-10-33-34-11-7-26(2)17-40(34)46(39(33)16-25)38-22-37(31-15-29(5)14-30(20-31)23-44)43(21-32(38)24-45)47-41-18-27(3)8-12-35(41)36-13-9-28(4)19-42(36)47/h6-22H,1-5H3. The Morgan fingerprint density at radius 3 is 1.30 bits per heavy atom. The third kappa shape index (κ3) is 4.42. The van der Waals surface area contributed by atoms with Crippen molar-refractivity contribution in [3.8, 4) is 34.6 Å². The van der Waals surface area contributed by atoms with Gasteiger partial charge in [-0.05, 0) is 117 Å². The number of nitriles is 2. The van der Waals surface area contributed by atoms with Crippen LogP contribution in [0.5, 0.6) is 0 Å². The number of aryl methyl sites for hydroxylation is 5. The van der Waals surface area contributed by atoms with E-state index in [1.807, 2.05) is 25.1 Å². The molecule has 0 aliphatic carbocycles. The predicted molar refractivity (Wildman–Crippen MR) is 194 cm³/mol. The van der Waals surface area contributed by atoms with Crippen molar-refractivity contribution in [2.45, 2.75) is 34.6 Å². The summed E-state index contributed by atoms with van der Waals surface area (Å²) in [6.07, 6.45) is 0. The Morgan fingerprint density at radius 1 is 0.426 bits per heavy atom. The Morgan fingerprint density at radius 2 is 0.872 bits per heavy atom. The normalized spacial score (nSPS) is 11.5. The Kier molecular flexibility index (Phi) is 6.33. The lowest BCUT2D eigenvalue weighted by Crippen LogP contribution is -2.04. The summed E-state index contributed by atoms with van der Waals surface area (Å²) < 4.78 is 4.55. The highest BCUT2D eigenvalue weighted by atomic mass is 15.0. The highest BCUT2D eigenvalue weighted by molar-refractivity contribution is 6.11. The van der Waals surface area contributed by atoms with E-state index >= 15 is 0 Å². The maximum absolute atomic E-state index is 10.9. The fraction of sp³-hybridized carbons (Fsp3) is 0.116. The molecule has 0 unspecified atom stereocenters. The summed E-state index contributed by atoms with van der Waals surface area (Å²) in [6, 6.07) is 41.4. The number of hydrogen-bond donors (Lipinski definition) is 0. The summed E-state index contributed by atoms with van der Waals surface area (Å²) in [6.45, 7) is 10.5. The molecule has 8 rings (SSSR count). The van der Waals surface area contributed by atoms with E-state index in [9.17, 15) is 10.5 Å². The number of fused-ring (bicyclic) bond motifs is 6. The van der Waals surface area contributed by atoms with Crippen LogP contribution in [0.15, 0.2) is 103 Å². The van der Waals surface area contributed by atoms with Crippen LogP contribution in [-0.4, -0.2) is 9.13 Å². The fourth-order valence-corrected chi connectivity index (χ4v) is 7.27. The molecule has 0 aliphatic rings. The van der Waals surface area contributed by atoms with Gasteiger partial charge in [0.15, 0.2) is 0 Å². The Balaban J connectivity index is 1.57. The molecule has 6 aromatic carbocycles. The van der Waals surface area contributed by atoms with Gasteiger partial charge in [-0.1, -0.05) is 54.6 Å². The zero-order chi connectivity index (χ0) is 32.6. The second-order valence-electron chi connectivity index (χ2n) is 13.0. The first kappa shape index (κ1) is 28.4. The predicted octanol–water partition coefficient (Wildman–Crippen LogP) is 10.8. The summed E-state index contributed by atoms with van der Waals surface area (Å²) >= 11 is 0. The first-order valence-corrected chi connectivity index (χ1v) is 15.9. The van der Waals surface area contributed by atoms with Gasteiger partial charge in [0.1, 0.15) is 6.07 Å². The monoisotopic (exact) mass is 604 g/mol. The first-order chi connectivity index (χ1) is 22.7. The second kappa shape index (κ2) is 10.5. The molecule has 224 valence electrons. The lowest BCUT2D eigenvalue weighted by atomic mass is 9.96. The van der Waals surface area contributed by atoms with Gasteiger partial charge in [-0.2, -0.15) is 10.5 Å². The molecule has 0 N–H and O–H groups in total. The van der Waals surface area contributed by atoms with Crippen LogP contribution in [0, 0.1) is 57.3 Å². The number of aromatic nitrogens is 2. The number of rotatable bonds is 3. The van der Waals surface area contributed by atoms with Crippen molar-refractivity contribution in [3.63, 3.8) is 0 Å². The average Bonchev–Trinajstić information content (AvgIpc) is 3.53. The van der Waals surface area contributed by atoms with Crippen LogP contribution in [0.25, 0.3) is 66.1 Å². The topological polar surface area (TPSA) is 57.4 Å². The van der Waals surface area contributed by atoms with Gasteiger partial charge in [0.2, 0.25) is 0 Å². The smallest absolute Gasteiger partial charge is 0.101 e. The van der Waals surface area contributed by atoms with Crippen molar-refractivity contribution in [2.24, 2.45) is 0 Å². The highest BCUT2D eigenvalue weighted by Gasteiger charge is 2.22. The molecule has 0 amide bonds. The van der Waals surface area contributed by atoms with Crippen molar-refractivity contribution < 1.29 is 0 Å². The van der Waals surface area contributed by atoms with Crippen LogP contribution in [0.2, 0.25) is 0 Å². The minimum Gasteiger partial charge on any atom is -0.309 e. The maximum Gasteiger partial charge on any atom is 0.101 e. The summed E-state index contributed by atoms with van der Waals surface area (Å²) in [4.78, 5) is 0. The van der Waals surface area contributed by atoms with E-state index in [1.165, 1.54) is 0 Å². The summed E-state index contributed by atoms with van der Waals surface area (Å²) in [5.41, 5.74) is 14.7. The maximum atomic E-state index is 10.9. The molecule has 0 atom stereocenters. The van der Waals surface area contributed by atoms with E-state index < -0.39 is 0 Å². The summed E-state index contributed by atoms with van der Waals surface area (Å²) in [5, 5.41) is 25.5. The van der Waals surface area contributed by atoms with Crippen molar-refractivity contribution in [1.29, 1.82) is 10.5 Å². The van der Waals surface area contributed by atoms with Gasteiger partial charge in [0.05, 0.1) is 50.6 Å². The third-order valence-corrected chi connectivity index (χ3v) is 9.39. The Labute approximate surface area is 274 Å². The van der Waals surface area contributed by atoms with Crippen LogP contribution in [0.1, 0.15) is 38.9 Å². The minimum absolute atomic E-state index is 0.578. The number of nitrogens with zero attached hydrogens (tertiary/aromatic N) is 4. The zero-order valence-electron chi connectivity index (χ0n) is 27.1. The molecule has 8 aromatic rings. The van der Waals surface area contributed by atoms with E-state index in [2.05, 4.69) is 134 Å². The van der Waals surface area contributed by atoms with Gasteiger partial charge >= 0.3 is 0 Å². The van der Waals surface area contributed by atoms with Crippen molar-refractivity contribution in [3.05, 3.63) is 142 Å². The molecule has 0 radical (unpaired) electrons. The Hall–Kier alpha value is -6.10. The van der Waals surface area contributed by atoms with Crippen molar-refractivity contribution in [1.82, 2.24) is 9.13 Å². The van der Waals surface area contributed by atoms with Crippen LogP contribution in [0.4, 0.5) is 0 Å². The Bertz CT molecular complexity index is 2580. The molecule has 47 heavy (non-hydrogen) atoms. The van der Waals surface area contributed by atoms with Crippen LogP contribution < -0.4 is 0 Å². The number of hydrogen-bond acceptors (Lipinski definition) is 2. The van der Waals surface area contributed by atoms with Crippen LogP contribution >= 0.6 is 0 Å². The van der Waals surface area contributed by atoms with E-state index in [0.29, 0.717) is 11.1 Å². The molecular formula is C43H32N4. The lowest BCUT2D eigenvalue weighted by Gasteiger charge is -2.19. The minimum atomic E-state index is 0.578. The van der Waals surface area contributed by atoms with Crippen molar-refractivity contribution in [2.75, 3.05) is 0 Å². The van der Waals surface area contributed by atoms with Gasteiger partial charge in [0, 0.05) is 27.1 Å².